The molecule has 1 nitrogen and oxygen atoms in total. The first-order valence-corrected chi connectivity index (χ1v) is 7.31. The third kappa shape index (κ3) is 2.79. The fraction of sp³-hybridized carbons (Fsp3) is 0.500. The van der Waals surface area contributed by atoms with Crippen LogP contribution in [0.25, 0.3) is 0 Å². The molecule has 1 aliphatic heterocycles. The molecule has 0 spiro atoms. The van der Waals surface area contributed by atoms with Crippen LogP contribution in [0, 0.1) is 0 Å². The molecule has 1 fully saturated rings. The quantitative estimate of drug-likeness (QED) is 0.841. The number of anilines is 1. The van der Waals surface area contributed by atoms with Gasteiger partial charge in [0.05, 0.1) is 15.7 Å². The highest BCUT2D eigenvalue weighted by atomic mass is 35.5. The molecule has 4 heteroatoms. The van der Waals surface area contributed by atoms with E-state index < -0.39 is 0 Å². The summed E-state index contributed by atoms with van der Waals surface area (Å²) in [6.45, 7) is 2.26. The molecule has 1 aromatic carbocycles. The fourth-order valence-electron chi connectivity index (χ4n) is 1.93. The summed E-state index contributed by atoms with van der Waals surface area (Å²) in [5.41, 5.74) is 0.952. The first-order valence-electron chi connectivity index (χ1n) is 5.50. The molecule has 16 heavy (non-hydrogen) atoms. The van der Waals surface area contributed by atoms with E-state index in [0.29, 0.717) is 21.3 Å². The Labute approximate surface area is 111 Å². The van der Waals surface area contributed by atoms with Gasteiger partial charge in [-0.25, -0.2) is 0 Å². The number of hydrogen-bond acceptors (Lipinski definition) is 2. The van der Waals surface area contributed by atoms with E-state index in [9.17, 15) is 0 Å². The number of nitrogens with one attached hydrogen (secondary N) is 1. The molecule has 1 aliphatic rings. The first kappa shape index (κ1) is 12.4. The second-order valence-electron chi connectivity index (χ2n) is 4.07. The Morgan fingerprint density at radius 3 is 2.94 bits per heavy atom. The van der Waals surface area contributed by atoms with E-state index in [-0.39, 0.29) is 0 Å². The first-order chi connectivity index (χ1) is 7.68. The lowest BCUT2D eigenvalue weighted by Gasteiger charge is -2.30. The van der Waals surface area contributed by atoms with Gasteiger partial charge in [-0.05, 0) is 30.7 Å². The maximum absolute atomic E-state index is 6.16. The van der Waals surface area contributed by atoms with Crippen LogP contribution in [-0.2, 0) is 0 Å². The lowest BCUT2D eigenvalue weighted by Crippen LogP contribution is -2.32. The van der Waals surface area contributed by atoms with Crippen molar-refractivity contribution in [3.8, 4) is 0 Å². The number of thioether (sulfide) groups is 1. The van der Waals surface area contributed by atoms with Crippen LogP contribution in [-0.4, -0.2) is 17.0 Å². The van der Waals surface area contributed by atoms with Gasteiger partial charge in [0.1, 0.15) is 0 Å². The van der Waals surface area contributed by atoms with Gasteiger partial charge >= 0.3 is 0 Å². The summed E-state index contributed by atoms with van der Waals surface area (Å²) in [4.78, 5) is 0. The van der Waals surface area contributed by atoms with Gasteiger partial charge in [0.25, 0.3) is 0 Å². The molecule has 0 aliphatic carbocycles. The molecule has 1 N–H and O–H groups in total. The van der Waals surface area contributed by atoms with E-state index in [4.69, 9.17) is 23.2 Å². The smallest absolute Gasteiger partial charge is 0.0823 e. The molecule has 1 heterocycles. The Balaban J connectivity index is 2.10. The lowest BCUT2D eigenvalue weighted by molar-refractivity contribution is 0.617. The van der Waals surface area contributed by atoms with E-state index in [2.05, 4.69) is 12.2 Å². The van der Waals surface area contributed by atoms with Crippen LogP contribution < -0.4 is 5.32 Å². The molecule has 88 valence electrons. The standard InChI is InChI=1S/C12H15Cl2NS/c1-8-10(6-3-7-16-8)15-11-5-2-4-9(13)12(11)14/h2,4-5,8,10,15H,3,6-7H2,1H3. The van der Waals surface area contributed by atoms with E-state index in [1.54, 1.807) is 0 Å². The summed E-state index contributed by atoms with van der Waals surface area (Å²) < 4.78 is 0. The average molecular weight is 276 g/mol. The van der Waals surface area contributed by atoms with Crippen LogP contribution in [0.15, 0.2) is 18.2 Å². The maximum Gasteiger partial charge on any atom is 0.0823 e. The molecule has 1 aromatic rings. The van der Waals surface area contributed by atoms with Gasteiger partial charge in [0.15, 0.2) is 0 Å². The van der Waals surface area contributed by atoms with Gasteiger partial charge in [-0.1, -0.05) is 36.2 Å². The zero-order valence-electron chi connectivity index (χ0n) is 9.17. The summed E-state index contributed by atoms with van der Waals surface area (Å²) in [5, 5.41) is 5.38. The zero-order valence-corrected chi connectivity index (χ0v) is 11.5. The maximum atomic E-state index is 6.16. The van der Waals surface area contributed by atoms with Crippen LogP contribution in [0.1, 0.15) is 19.8 Å². The number of rotatable bonds is 2. The third-order valence-corrected chi connectivity index (χ3v) is 5.10. The van der Waals surface area contributed by atoms with Crippen LogP contribution in [0.4, 0.5) is 5.69 Å². The van der Waals surface area contributed by atoms with Gasteiger partial charge in [-0.15, -0.1) is 0 Å². The van der Waals surface area contributed by atoms with Crippen molar-refractivity contribution < 1.29 is 0 Å². The van der Waals surface area contributed by atoms with Crippen molar-refractivity contribution in [3.63, 3.8) is 0 Å². The molecule has 2 unspecified atom stereocenters. The predicted molar refractivity (Wildman–Crippen MR) is 75.0 cm³/mol. The van der Waals surface area contributed by atoms with Crippen molar-refractivity contribution in [1.29, 1.82) is 0 Å². The monoisotopic (exact) mass is 275 g/mol. The van der Waals surface area contributed by atoms with Crippen LogP contribution in [0.3, 0.4) is 0 Å². The second kappa shape index (κ2) is 5.52. The van der Waals surface area contributed by atoms with E-state index >= 15 is 0 Å². The summed E-state index contributed by atoms with van der Waals surface area (Å²) in [6, 6.07) is 6.22. The molecule has 0 saturated carbocycles. The Kier molecular flexibility index (Phi) is 4.28. The van der Waals surface area contributed by atoms with Crippen molar-refractivity contribution in [2.45, 2.75) is 31.1 Å². The minimum atomic E-state index is 0.495. The highest BCUT2D eigenvalue weighted by molar-refractivity contribution is 8.00. The molecule has 0 amide bonds. The zero-order chi connectivity index (χ0) is 11.5. The largest absolute Gasteiger partial charge is 0.380 e. The van der Waals surface area contributed by atoms with Crippen LogP contribution >= 0.6 is 35.0 Å². The van der Waals surface area contributed by atoms with Gasteiger partial charge in [0, 0.05) is 11.3 Å². The Bertz CT molecular complexity index is 370. The normalized spacial score (nSPS) is 25.4. The van der Waals surface area contributed by atoms with Crippen LogP contribution in [0.5, 0.6) is 0 Å². The van der Waals surface area contributed by atoms with E-state index in [0.717, 1.165) is 5.69 Å². The molecule has 0 aromatic heterocycles. The van der Waals surface area contributed by atoms with Crippen molar-refractivity contribution in [3.05, 3.63) is 28.2 Å². The second-order valence-corrected chi connectivity index (χ2v) is 6.34. The highest BCUT2D eigenvalue weighted by Gasteiger charge is 2.22. The highest BCUT2D eigenvalue weighted by Crippen LogP contribution is 2.33. The topological polar surface area (TPSA) is 12.0 Å². The van der Waals surface area contributed by atoms with Gasteiger partial charge in [-0.2, -0.15) is 11.8 Å². The molecule has 1 saturated heterocycles. The van der Waals surface area contributed by atoms with E-state index in [1.807, 2.05) is 30.0 Å². The molecular formula is C12H15Cl2NS. The minimum Gasteiger partial charge on any atom is -0.380 e. The average Bonchev–Trinajstić information content (AvgIpc) is 2.28. The summed E-state index contributed by atoms with van der Waals surface area (Å²) in [6.07, 6.45) is 2.47. The van der Waals surface area contributed by atoms with Crippen molar-refractivity contribution >= 4 is 40.7 Å². The summed E-state index contributed by atoms with van der Waals surface area (Å²) in [7, 11) is 0. The molecular weight excluding hydrogens is 261 g/mol. The van der Waals surface area contributed by atoms with Gasteiger partial charge < -0.3 is 5.32 Å². The minimum absolute atomic E-state index is 0.495. The molecule has 2 rings (SSSR count). The summed E-state index contributed by atoms with van der Waals surface area (Å²) in [5.74, 6) is 1.27. The number of benzene rings is 1. The fourth-order valence-corrected chi connectivity index (χ4v) is 3.42. The number of halogens is 2. The van der Waals surface area contributed by atoms with Gasteiger partial charge in [-0.3, -0.25) is 0 Å². The number of hydrogen-bond donors (Lipinski definition) is 1. The summed E-state index contributed by atoms with van der Waals surface area (Å²) >= 11 is 14.2. The van der Waals surface area contributed by atoms with Gasteiger partial charge in [0.2, 0.25) is 0 Å². The van der Waals surface area contributed by atoms with Crippen molar-refractivity contribution in [2.75, 3.05) is 11.1 Å². The Hall–Kier alpha value is -0.0500. The third-order valence-electron chi connectivity index (χ3n) is 2.90. The molecule has 0 bridgehead atoms. The Morgan fingerprint density at radius 2 is 2.19 bits per heavy atom. The Morgan fingerprint density at radius 1 is 1.38 bits per heavy atom. The lowest BCUT2D eigenvalue weighted by atomic mass is 10.1. The predicted octanol–water partition coefficient (Wildman–Crippen LogP) is 4.69. The van der Waals surface area contributed by atoms with Crippen molar-refractivity contribution in [1.82, 2.24) is 0 Å². The SMILES string of the molecule is CC1SCCCC1Nc1cccc(Cl)c1Cl. The van der Waals surface area contributed by atoms with Crippen molar-refractivity contribution in [2.24, 2.45) is 0 Å². The molecule has 0 radical (unpaired) electrons. The van der Waals surface area contributed by atoms with Crippen LogP contribution in [0.2, 0.25) is 10.0 Å². The molecule has 2 atom stereocenters. The van der Waals surface area contributed by atoms with E-state index in [1.165, 1.54) is 18.6 Å².